The number of esters is 1. The summed E-state index contributed by atoms with van der Waals surface area (Å²) in [5.41, 5.74) is 0.702. The van der Waals surface area contributed by atoms with Gasteiger partial charge in [0.15, 0.2) is 11.9 Å². The molecule has 0 fully saturated rings. The Kier molecular flexibility index (Phi) is 4.79. The molecule has 128 valence electrons. The van der Waals surface area contributed by atoms with Gasteiger partial charge in [-0.05, 0) is 50.2 Å². The van der Waals surface area contributed by atoms with E-state index in [9.17, 15) is 9.59 Å². The van der Waals surface area contributed by atoms with E-state index in [-0.39, 0.29) is 5.56 Å². The van der Waals surface area contributed by atoms with E-state index in [4.69, 9.17) is 9.47 Å². The van der Waals surface area contributed by atoms with E-state index in [0.29, 0.717) is 34.6 Å². The number of aromatic amines is 1. The van der Waals surface area contributed by atoms with E-state index in [1.54, 1.807) is 55.5 Å². The van der Waals surface area contributed by atoms with Gasteiger partial charge in [-0.25, -0.2) is 9.78 Å². The molecule has 1 atom stereocenters. The number of nitrogens with zero attached hydrogens (tertiary/aromatic N) is 1. The minimum atomic E-state index is -0.684. The number of ether oxygens (including phenoxy) is 2. The van der Waals surface area contributed by atoms with Crippen LogP contribution in [0.3, 0.4) is 0 Å². The molecule has 3 rings (SSSR count). The largest absolute Gasteiger partial charge is 0.494 e. The van der Waals surface area contributed by atoms with Crippen molar-refractivity contribution in [3.8, 4) is 5.75 Å². The number of aromatic nitrogens is 2. The van der Waals surface area contributed by atoms with Gasteiger partial charge < -0.3 is 14.5 Å². The number of carbonyl (C=O) groups is 1. The first kappa shape index (κ1) is 16.7. The van der Waals surface area contributed by atoms with E-state index >= 15 is 0 Å². The second-order valence-electron chi connectivity index (χ2n) is 5.47. The van der Waals surface area contributed by atoms with E-state index in [0.717, 1.165) is 0 Å². The van der Waals surface area contributed by atoms with E-state index in [1.165, 1.54) is 0 Å². The SMILES string of the molecule is CCOc1ccc(C(=O)O[C@@H](C)c2nc3ccccc3c(=O)[nH]2)cc1. The molecule has 2 aromatic carbocycles. The second-order valence-corrected chi connectivity index (χ2v) is 5.47. The Hall–Kier alpha value is -3.15. The molecular weight excluding hydrogens is 320 g/mol. The lowest BCUT2D eigenvalue weighted by Gasteiger charge is -2.13. The zero-order valence-corrected chi connectivity index (χ0v) is 14.0. The van der Waals surface area contributed by atoms with Gasteiger partial charge in [0.1, 0.15) is 5.75 Å². The molecule has 6 nitrogen and oxygen atoms in total. The highest BCUT2D eigenvalue weighted by atomic mass is 16.5. The summed E-state index contributed by atoms with van der Waals surface area (Å²) in [7, 11) is 0. The molecule has 1 aromatic heterocycles. The van der Waals surface area contributed by atoms with Gasteiger partial charge in [-0.3, -0.25) is 4.79 Å². The van der Waals surface area contributed by atoms with Crippen molar-refractivity contribution >= 4 is 16.9 Å². The lowest BCUT2D eigenvalue weighted by molar-refractivity contribution is 0.0320. The average Bonchev–Trinajstić information content (AvgIpc) is 2.62. The van der Waals surface area contributed by atoms with Gasteiger partial charge in [-0.1, -0.05) is 12.1 Å². The lowest BCUT2D eigenvalue weighted by Crippen LogP contribution is -2.17. The minimum absolute atomic E-state index is 0.260. The van der Waals surface area contributed by atoms with Crippen LogP contribution in [-0.4, -0.2) is 22.5 Å². The van der Waals surface area contributed by atoms with Crippen LogP contribution < -0.4 is 10.3 Å². The fraction of sp³-hybridized carbons (Fsp3) is 0.211. The number of para-hydroxylation sites is 1. The molecule has 0 bridgehead atoms. The first-order valence-electron chi connectivity index (χ1n) is 8.01. The standard InChI is InChI=1S/C19H18N2O4/c1-3-24-14-10-8-13(9-11-14)19(23)25-12(2)17-20-16-7-5-4-6-15(16)18(22)21-17/h4-12H,3H2,1-2H3,(H,20,21,22)/t12-/m0/s1. The predicted molar refractivity (Wildman–Crippen MR) is 93.8 cm³/mol. The maximum atomic E-state index is 12.3. The summed E-state index contributed by atoms with van der Waals surface area (Å²) in [6.45, 7) is 4.11. The molecular formula is C19H18N2O4. The third-order valence-electron chi connectivity index (χ3n) is 3.70. The normalized spacial score (nSPS) is 11.9. The van der Waals surface area contributed by atoms with Crippen molar-refractivity contribution in [2.24, 2.45) is 0 Å². The number of fused-ring (bicyclic) bond motifs is 1. The lowest BCUT2D eigenvalue weighted by atomic mass is 10.2. The van der Waals surface area contributed by atoms with E-state index < -0.39 is 12.1 Å². The topological polar surface area (TPSA) is 81.3 Å². The Morgan fingerprint density at radius 3 is 2.60 bits per heavy atom. The maximum absolute atomic E-state index is 12.3. The highest BCUT2D eigenvalue weighted by molar-refractivity contribution is 5.89. The van der Waals surface area contributed by atoms with Crippen LogP contribution in [0.1, 0.15) is 36.1 Å². The van der Waals surface area contributed by atoms with Crippen LogP contribution in [0.15, 0.2) is 53.3 Å². The van der Waals surface area contributed by atoms with Gasteiger partial charge in [0, 0.05) is 0 Å². The summed E-state index contributed by atoms with van der Waals surface area (Å²) in [5, 5.41) is 0.497. The van der Waals surface area contributed by atoms with Crippen molar-refractivity contribution in [1.82, 2.24) is 9.97 Å². The molecule has 0 aliphatic rings. The van der Waals surface area contributed by atoms with Gasteiger partial charge >= 0.3 is 5.97 Å². The smallest absolute Gasteiger partial charge is 0.338 e. The molecule has 3 aromatic rings. The summed E-state index contributed by atoms with van der Waals surface area (Å²) >= 11 is 0. The Labute approximate surface area is 144 Å². The Morgan fingerprint density at radius 1 is 1.16 bits per heavy atom. The second kappa shape index (κ2) is 7.17. The van der Waals surface area contributed by atoms with Crippen molar-refractivity contribution in [3.05, 3.63) is 70.3 Å². The molecule has 25 heavy (non-hydrogen) atoms. The Bertz CT molecular complexity index is 948. The Balaban J connectivity index is 1.78. The van der Waals surface area contributed by atoms with Gasteiger partial charge in [-0.2, -0.15) is 0 Å². The molecule has 0 saturated heterocycles. The molecule has 1 N–H and O–H groups in total. The van der Waals surface area contributed by atoms with Crippen molar-refractivity contribution in [2.75, 3.05) is 6.61 Å². The zero-order chi connectivity index (χ0) is 17.8. The fourth-order valence-corrected chi connectivity index (χ4v) is 2.44. The zero-order valence-electron chi connectivity index (χ0n) is 14.0. The van der Waals surface area contributed by atoms with Crippen molar-refractivity contribution in [3.63, 3.8) is 0 Å². The summed E-state index contributed by atoms with van der Waals surface area (Å²) < 4.78 is 10.8. The molecule has 6 heteroatoms. The quantitative estimate of drug-likeness (QED) is 0.722. The van der Waals surface area contributed by atoms with Crippen LogP contribution in [-0.2, 0) is 4.74 Å². The van der Waals surface area contributed by atoms with Crippen LogP contribution in [0.2, 0.25) is 0 Å². The van der Waals surface area contributed by atoms with Crippen LogP contribution in [0.4, 0.5) is 0 Å². The molecule has 0 unspecified atom stereocenters. The van der Waals surface area contributed by atoms with Crippen molar-refractivity contribution in [2.45, 2.75) is 20.0 Å². The third kappa shape index (κ3) is 3.68. The molecule has 1 heterocycles. The summed E-state index contributed by atoms with van der Waals surface area (Å²) in [6, 6.07) is 13.7. The highest BCUT2D eigenvalue weighted by Gasteiger charge is 2.17. The summed E-state index contributed by atoms with van der Waals surface area (Å²) in [4.78, 5) is 31.4. The number of H-pyrrole nitrogens is 1. The van der Waals surface area contributed by atoms with Crippen LogP contribution >= 0.6 is 0 Å². The van der Waals surface area contributed by atoms with Crippen LogP contribution in [0.25, 0.3) is 10.9 Å². The predicted octanol–water partition coefficient (Wildman–Crippen LogP) is 3.24. The first-order chi connectivity index (χ1) is 12.1. The van der Waals surface area contributed by atoms with Gasteiger partial charge in [0.05, 0.1) is 23.1 Å². The third-order valence-corrected chi connectivity index (χ3v) is 3.70. The number of carbonyl (C=O) groups excluding carboxylic acids is 1. The monoisotopic (exact) mass is 338 g/mol. The van der Waals surface area contributed by atoms with Gasteiger partial charge in [-0.15, -0.1) is 0 Å². The van der Waals surface area contributed by atoms with Gasteiger partial charge in [0.25, 0.3) is 5.56 Å². The molecule has 0 radical (unpaired) electrons. The number of hydrogen-bond acceptors (Lipinski definition) is 5. The number of nitrogens with one attached hydrogen (secondary N) is 1. The summed E-state index contributed by atoms with van der Waals surface area (Å²) in [5.74, 6) is 0.502. The molecule has 0 amide bonds. The summed E-state index contributed by atoms with van der Waals surface area (Å²) in [6.07, 6.45) is -0.684. The number of rotatable bonds is 5. The average molecular weight is 338 g/mol. The Morgan fingerprint density at radius 2 is 1.88 bits per heavy atom. The maximum Gasteiger partial charge on any atom is 0.338 e. The van der Waals surface area contributed by atoms with Crippen LogP contribution in [0.5, 0.6) is 5.75 Å². The highest BCUT2D eigenvalue weighted by Crippen LogP contribution is 2.18. The van der Waals surface area contributed by atoms with Gasteiger partial charge in [0.2, 0.25) is 0 Å². The van der Waals surface area contributed by atoms with Crippen LogP contribution in [0, 0.1) is 0 Å². The molecule has 0 aliphatic heterocycles. The number of hydrogen-bond donors (Lipinski definition) is 1. The molecule has 0 spiro atoms. The number of benzene rings is 2. The van der Waals surface area contributed by atoms with Crippen molar-refractivity contribution in [1.29, 1.82) is 0 Å². The molecule has 0 aliphatic carbocycles. The van der Waals surface area contributed by atoms with E-state index in [1.807, 2.05) is 6.92 Å². The molecule has 0 saturated carbocycles. The first-order valence-corrected chi connectivity index (χ1v) is 8.01. The van der Waals surface area contributed by atoms with E-state index in [2.05, 4.69) is 9.97 Å². The fourth-order valence-electron chi connectivity index (χ4n) is 2.44. The minimum Gasteiger partial charge on any atom is -0.494 e. The van der Waals surface area contributed by atoms with Crippen molar-refractivity contribution < 1.29 is 14.3 Å².